The Hall–Kier alpha value is -1.20. The lowest BCUT2D eigenvalue weighted by Crippen LogP contribution is -2.16. The number of carbonyl (C=O) groups excluding carboxylic acids is 1. The first-order chi connectivity index (χ1) is 9.48. The summed E-state index contributed by atoms with van der Waals surface area (Å²) in [6, 6.07) is 11.3. The monoisotopic (exact) mass is 352 g/mol. The lowest BCUT2D eigenvalue weighted by molar-refractivity contribution is 0.0935. The molecule has 3 rings (SSSR count). The van der Waals surface area contributed by atoms with Gasteiger partial charge in [0.15, 0.2) is 15.6 Å². The summed E-state index contributed by atoms with van der Waals surface area (Å²) in [5.41, 5.74) is 0.617. The van der Waals surface area contributed by atoms with E-state index in [4.69, 9.17) is 0 Å². The van der Waals surface area contributed by atoms with Gasteiger partial charge in [-0.3, -0.25) is 4.79 Å². The fourth-order valence-electron chi connectivity index (χ4n) is 2.70. The van der Waals surface area contributed by atoms with Gasteiger partial charge in [0, 0.05) is 16.0 Å². The molecule has 0 N–H and O–H groups in total. The van der Waals surface area contributed by atoms with Crippen LogP contribution in [0.3, 0.4) is 0 Å². The second-order valence-electron chi connectivity index (χ2n) is 5.10. The van der Waals surface area contributed by atoms with Gasteiger partial charge >= 0.3 is 0 Å². The molecule has 0 aromatic heterocycles. The quantitative estimate of drug-likeness (QED) is 0.779. The van der Waals surface area contributed by atoms with Crippen LogP contribution in [0.25, 0.3) is 10.8 Å². The van der Waals surface area contributed by atoms with E-state index in [1.807, 2.05) is 30.3 Å². The highest BCUT2D eigenvalue weighted by atomic mass is 79.9. The van der Waals surface area contributed by atoms with Crippen molar-refractivity contribution in [2.24, 2.45) is 5.92 Å². The highest BCUT2D eigenvalue weighted by Crippen LogP contribution is 2.30. The molecule has 0 amide bonds. The fraction of sp³-hybridized carbons (Fsp3) is 0.267. The van der Waals surface area contributed by atoms with Crippen molar-refractivity contribution in [3.05, 3.63) is 46.4 Å². The summed E-state index contributed by atoms with van der Waals surface area (Å²) in [6.45, 7) is 0. The van der Waals surface area contributed by atoms with Gasteiger partial charge in [0.1, 0.15) is 0 Å². The molecule has 3 nitrogen and oxygen atoms in total. The molecular weight excluding hydrogens is 340 g/mol. The third-order valence-corrected chi connectivity index (χ3v) is 6.20. The van der Waals surface area contributed by atoms with Crippen LogP contribution < -0.4 is 0 Å². The van der Waals surface area contributed by atoms with Gasteiger partial charge < -0.3 is 0 Å². The molecule has 1 saturated heterocycles. The molecule has 104 valence electrons. The molecule has 0 bridgehead atoms. The lowest BCUT2D eigenvalue weighted by atomic mass is 9.93. The number of ketones is 1. The smallest absolute Gasteiger partial charge is 0.167 e. The molecule has 2 aromatic carbocycles. The molecule has 1 aliphatic heterocycles. The Kier molecular flexibility index (Phi) is 3.42. The summed E-state index contributed by atoms with van der Waals surface area (Å²) < 4.78 is 24.0. The Morgan fingerprint density at radius 2 is 1.80 bits per heavy atom. The van der Waals surface area contributed by atoms with Crippen LogP contribution in [0.4, 0.5) is 0 Å². The van der Waals surface area contributed by atoms with Crippen molar-refractivity contribution >= 4 is 42.3 Å². The molecule has 1 atom stereocenters. The predicted octanol–water partition coefficient (Wildman–Crippen LogP) is 3.22. The van der Waals surface area contributed by atoms with Crippen LogP contribution in [0.1, 0.15) is 16.8 Å². The van der Waals surface area contributed by atoms with Crippen molar-refractivity contribution in [2.75, 3.05) is 11.5 Å². The largest absolute Gasteiger partial charge is 0.294 e. The average molecular weight is 353 g/mol. The van der Waals surface area contributed by atoms with Crippen molar-refractivity contribution in [1.29, 1.82) is 0 Å². The summed E-state index contributed by atoms with van der Waals surface area (Å²) in [5, 5.41) is 1.84. The SMILES string of the molecule is O=C(c1ccc(Br)c2ccccc12)C1CCS(=O)(=O)C1. The Bertz CT molecular complexity index is 796. The van der Waals surface area contributed by atoms with E-state index in [1.165, 1.54) is 0 Å². The molecule has 5 heteroatoms. The number of benzene rings is 2. The van der Waals surface area contributed by atoms with Crippen LogP contribution in [0.2, 0.25) is 0 Å². The normalized spacial score (nSPS) is 21.1. The second kappa shape index (κ2) is 4.97. The predicted molar refractivity (Wildman–Crippen MR) is 82.7 cm³/mol. The molecule has 20 heavy (non-hydrogen) atoms. The topological polar surface area (TPSA) is 51.2 Å². The Morgan fingerprint density at radius 3 is 2.45 bits per heavy atom. The zero-order valence-corrected chi connectivity index (χ0v) is 13.1. The van der Waals surface area contributed by atoms with Crippen LogP contribution in [-0.4, -0.2) is 25.7 Å². The van der Waals surface area contributed by atoms with Gasteiger partial charge in [-0.05, 0) is 29.3 Å². The van der Waals surface area contributed by atoms with Crippen molar-refractivity contribution in [3.63, 3.8) is 0 Å². The number of Topliss-reactive ketones (excluding diaryl/α,β-unsaturated/α-hetero) is 1. The van der Waals surface area contributed by atoms with Gasteiger partial charge in [-0.25, -0.2) is 8.42 Å². The van der Waals surface area contributed by atoms with E-state index in [-0.39, 0.29) is 17.3 Å². The molecular formula is C15H13BrO3S. The molecule has 1 unspecified atom stereocenters. The van der Waals surface area contributed by atoms with Crippen molar-refractivity contribution < 1.29 is 13.2 Å². The van der Waals surface area contributed by atoms with Crippen LogP contribution in [0, 0.1) is 5.92 Å². The lowest BCUT2D eigenvalue weighted by Gasteiger charge is -2.11. The van der Waals surface area contributed by atoms with Gasteiger partial charge in [-0.1, -0.05) is 40.2 Å². The number of halogens is 1. The van der Waals surface area contributed by atoms with Crippen molar-refractivity contribution in [2.45, 2.75) is 6.42 Å². The second-order valence-corrected chi connectivity index (χ2v) is 8.19. The van der Waals surface area contributed by atoms with Crippen molar-refractivity contribution in [1.82, 2.24) is 0 Å². The number of carbonyl (C=O) groups is 1. The van der Waals surface area contributed by atoms with Crippen LogP contribution in [0.15, 0.2) is 40.9 Å². The Labute approximate surface area is 126 Å². The van der Waals surface area contributed by atoms with Gasteiger partial charge in [-0.15, -0.1) is 0 Å². The molecule has 0 aliphatic carbocycles. The minimum atomic E-state index is -3.04. The maximum atomic E-state index is 12.6. The Morgan fingerprint density at radius 1 is 1.10 bits per heavy atom. The highest BCUT2D eigenvalue weighted by molar-refractivity contribution is 9.10. The average Bonchev–Trinajstić information content (AvgIpc) is 2.79. The van der Waals surface area contributed by atoms with Crippen LogP contribution in [-0.2, 0) is 9.84 Å². The third-order valence-electron chi connectivity index (χ3n) is 3.74. The molecule has 0 saturated carbocycles. The first-order valence-corrected chi connectivity index (χ1v) is 9.01. The van der Waals surface area contributed by atoms with E-state index < -0.39 is 15.8 Å². The number of fused-ring (bicyclic) bond motifs is 1. The zero-order chi connectivity index (χ0) is 14.3. The van der Waals surface area contributed by atoms with Crippen LogP contribution >= 0.6 is 15.9 Å². The first kappa shape index (κ1) is 13.8. The van der Waals surface area contributed by atoms with Gasteiger partial charge in [0.25, 0.3) is 0 Å². The standard InChI is InChI=1S/C15H13BrO3S/c16-14-6-5-13(11-3-1-2-4-12(11)14)15(17)10-7-8-20(18,19)9-10/h1-6,10H,7-9H2. The van der Waals surface area contributed by atoms with Gasteiger partial charge in [0.2, 0.25) is 0 Å². The van der Waals surface area contributed by atoms with Crippen molar-refractivity contribution in [3.8, 4) is 0 Å². The van der Waals surface area contributed by atoms with Gasteiger partial charge in [-0.2, -0.15) is 0 Å². The first-order valence-electron chi connectivity index (χ1n) is 6.40. The minimum Gasteiger partial charge on any atom is -0.294 e. The maximum absolute atomic E-state index is 12.6. The molecule has 1 aliphatic rings. The Balaban J connectivity index is 2.07. The number of hydrogen-bond donors (Lipinski definition) is 0. The van der Waals surface area contributed by atoms with E-state index in [0.717, 1.165) is 15.2 Å². The molecule has 0 spiro atoms. The van der Waals surface area contributed by atoms with E-state index in [1.54, 1.807) is 6.07 Å². The molecule has 2 aromatic rings. The summed E-state index contributed by atoms with van der Waals surface area (Å²) in [7, 11) is -3.04. The van der Waals surface area contributed by atoms with E-state index in [9.17, 15) is 13.2 Å². The summed E-state index contributed by atoms with van der Waals surface area (Å²) in [6.07, 6.45) is 0.436. The summed E-state index contributed by atoms with van der Waals surface area (Å²) in [4.78, 5) is 12.6. The molecule has 1 heterocycles. The van der Waals surface area contributed by atoms with Gasteiger partial charge in [0.05, 0.1) is 11.5 Å². The van der Waals surface area contributed by atoms with E-state index >= 15 is 0 Å². The summed E-state index contributed by atoms with van der Waals surface area (Å²) >= 11 is 3.47. The zero-order valence-electron chi connectivity index (χ0n) is 10.7. The number of rotatable bonds is 2. The number of hydrogen-bond acceptors (Lipinski definition) is 3. The third kappa shape index (κ3) is 2.40. The number of sulfone groups is 1. The molecule has 1 fully saturated rings. The van der Waals surface area contributed by atoms with Crippen LogP contribution in [0.5, 0.6) is 0 Å². The van der Waals surface area contributed by atoms with E-state index in [0.29, 0.717) is 12.0 Å². The maximum Gasteiger partial charge on any atom is 0.167 e. The highest BCUT2D eigenvalue weighted by Gasteiger charge is 2.33. The summed E-state index contributed by atoms with van der Waals surface area (Å²) in [5.74, 6) is -0.354. The fourth-order valence-corrected chi connectivity index (χ4v) is 4.92. The minimum absolute atomic E-state index is 0.0176. The van der Waals surface area contributed by atoms with E-state index in [2.05, 4.69) is 15.9 Å². The molecule has 0 radical (unpaired) electrons.